The fourth-order valence-electron chi connectivity index (χ4n) is 3.83. The highest BCUT2D eigenvalue weighted by molar-refractivity contribution is 5.95. The van der Waals surface area contributed by atoms with E-state index >= 15 is 0 Å². The molecular formula is C27H22O3. The van der Waals surface area contributed by atoms with Gasteiger partial charge in [-0.15, -0.1) is 6.42 Å². The predicted molar refractivity (Wildman–Crippen MR) is 120 cm³/mol. The van der Waals surface area contributed by atoms with E-state index in [9.17, 15) is 9.90 Å². The topological polar surface area (TPSA) is 46.5 Å². The first-order chi connectivity index (χ1) is 14.3. The molecule has 0 aromatic heterocycles. The molecular weight excluding hydrogens is 372 g/mol. The van der Waals surface area contributed by atoms with Crippen LogP contribution in [0.15, 0.2) is 66.7 Å². The van der Waals surface area contributed by atoms with E-state index in [1.54, 1.807) is 6.07 Å². The maximum Gasteiger partial charge on any atom is 0.336 e. The van der Waals surface area contributed by atoms with Gasteiger partial charge in [0.05, 0.1) is 5.56 Å². The van der Waals surface area contributed by atoms with Gasteiger partial charge in [0.1, 0.15) is 11.4 Å². The van der Waals surface area contributed by atoms with Crippen LogP contribution >= 0.6 is 0 Å². The second-order valence-corrected chi connectivity index (χ2v) is 8.02. The molecule has 0 saturated heterocycles. The Morgan fingerprint density at radius 3 is 2.37 bits per heavy atom. The third-order valence-electron chi connectivity index (χ3n) is 5.25. The number of rotatable bonds is 3. The number of aryl methyl sites for hydroxylation is 1. The van der Waals surface area contributed by atoms with Gasteiger partial charge in [-0.05, 0) is 67.3 Å². The molecule has 30 heavy (non-hydrogen) atoms. The van der Waals surface area contributed by atoms with E-state index in [2.05, 4.69) is 43.2 Å². The van der Waals surface area contributed by atoms with Crippen molar-refractivity contribution in [2.75, 3.05) is 0 Å². The van der Waals surface area contributed by atoms with Crippen LogP contribution in [0.4, 0.5) is 0 Å². The predicted octanol–water partition coefficient (Wildman–Crippen LogP) is 5.94. The van der Waals surface area contributed by atoms with Gasteiger partial charge in [-0.2, -0.15) is 0 Å². The van der Waals surface area contributed by atoms with Gasteiger partial charge < -0.3 is 9.84 Å². The van der Waals surface area contributed by atoms with Gasteiger partial charge in [0.2, 0.25) is 0 Å². The molecule has 148 valence electrons. The molecule has 0 radical (unpaired) electrons. The number of carboxylic acids is 1. The number of terminal acetylenes is 1. The SMILES string of the molecule is C#Cc1c(C(=O)O)cccc1-c1ccc2c(c1)C(c1ccc(C)cc1)=CC(C)(C)O2. The van der Waals surface area contributed by atoms with Gasteiger partial charge >= 0.3 is 5.97 Å². The minimum atomic E-state index is -1.03. The lowest BCUT2D eigenvalue weighted by atomic mass is 9.87. The highest BCUT2D eigenvalue weighted by atomic mass is 16.5. The van der Waals surface area contributed by atoms with E-state index in [1.807, 2.05) is 38.1 Å². The van der Waals surface area contributed by atoms with Crippen molar-refractivity contribution in [1.82, 2.24) is 0 Å². The van der Waals surface area contributed by atoms with Crippen molar-refractivity contribution in [2.24, 2.45) is 0 Å². The van der Waals surface area contributed by atoms with Crippen LogP contribution < -0.4 is 4.74 Å². The summed E-state index contributed by atoms with van der Waals surface area (Å²) in [7, 11) is 0. The van der Waals surface area contributed by atoms with Crippen LogP contribution in [0.2, 0.25) is 0 Å². The Hall–Kier alpha value is -3.77. The highest BCUT2D eigenvalue weighted by Gasteiger charge is 2.28. The largest absolute Gasteiger partial charge is 0.483 e. The molecule has 0 saturated carbocycles. The number of ether oxygens (including phenoxy) is 1. The summed E-state index contributed by atoms with van der Waals surface area (Å²) in [6, 6.07) is 19.4. The third-order valence-corrected chi connectivity index (χ3v) is 5.25. The van der Waals surface area contributed by atoms with Crippen LogP contribution in [0.1, 0.15) is 46.5 Å². The Balaban J connectivity index is 1.91. The van der Waals surface area contributed by atoms with Crippen molar-refractivity contribution in [3.63, 3.8) is 0 Å². The molecule has 1 aliphatic rings. The molecule has 3 aromatic carbocycles. The second-order valence-electron chi connectivity index (χ2n) is 8.02. The van der Waals surface area contributed by atoms with Gasteiger partial charge in [0.25, 0.3) is 0 Å². The first-order valence-corrected chi connectivity index (χ1v) is 9.76. The Labute approximate surface area is 176 Å². The molecule has 0 fully saturated rings. The summed E-state index contributed by atoms with van der Waals surface area (Å²) >= 11 is 0. The minimum absolute atomic E-state index is 0.124. The Bertz CT molecular complexity index is 1220. The van der Waals surface area contributed by atoms with Gasteiger partial charge in [-0.3, -0.25) is 0 Å². The lowest BCUT2D eigenvalue weighted by Crippen LogP contribution is -2.29. The molecule has 0 bridgehead atoms. The summed E-state index contributed by atoms with van der Waals surface area (Å²) in [5, 5.41) is 9.51. The standard InChI is InChI=1S/C27H22O3/c1-5-20-21(7-6-8-22(20)26(28)29)19-13-14-25-23(15-19)24(16-27(3,4)30-25)18-11-9-17(2)10-12-18/h1,6-16H,2-4H3,(H,28,29). The number of aromatic carboxylic acids is 1. The lowest BCUT2D eigenvalue weighted by molar-refractivity contribution is 0.0696. The zero-order valence-electron chi connectivity index (χ0n) is 17.2. The maximum absolute atomic E-state index is 11.6. The van der Waals surface area contributed by atoms with Crippen LogP contribution in [-0.2, 0) is 0 Å². The smallest absolute Gasteiger partial charge is 0.336 e. The Morgan fingerprint density at radius 2 is 1.70 bits per heavy atom. The van der Waals surface area contributed by atoms with Crippen molar-refractivity contribution in [2.45, 2.75) is 26.4 Å². The first-order valence-electron chi connectivity index (χ1n) is 9.76. The Morgan fingerprint density at radius 1 is 1.00 bits per heavy atom. The number of carboxylic acid groups (broad SMARTS) is 1. The Kier molecular flexibility index (Phi) is 4.72. The number of hydrogen-bond donors (Lipinski definition) is 1. The summed E-state index contributed by atoms with van der Waals surface area (Å²) < 4.78 is 6.19. The van der Waals surface area contributed by atoms with Crippen LogP contribution in [0.5, 0.6) is 5.75 Å². The van der Waals surface area contributed by atoms with E-state index in [0.717, 1.165) is 28.0 Å². The van der Waals surface area contributed by atoms with Gasteiger partial charge in [-0.1, -0.05) is 53.9 Å². The number of hydrogen-bond acceptors (Lipinski definition) is 2. The summed E-state index contributed by atoms with van der Waals surface area (Å²) in [5.41, 5.74) is 5.97. The van der Waals surface area contributed by atoms with Crippen LogP contribution in [0.25, 0.3) is 16.7 Å². The summed E-state index contributed by atoms with van der Waals surface area (Å²) in [4.78, 5) is 11.6. The first kappa shape index (κ1) is 19.5. The number of benzene rings is 3. The van der Waals surface area contributed by atoms with Gasteiger partial charge in [0.15, 0.2) is 0 Å². The summed E-state index contributed by atoms with van der Waals surface area (Å²) in [6.07, 6.45) is 7.81. The molecule has 0 spiro atoms. The average molecular weight is 394 g/mol. The molecule has 3 heteroatoms. The van der Waals surface area contributed by atoms with E-state index in [4.69, 9.17) is 11.2 Å². The molecule has 1 N–H and O–H groups in total. The molecule has 0 atom stereocenters. The van der Waals surface area contributed by atoms with Crippen molar-refractivity contribution >= 4 is 11.5 Å². The second kappa shape index (κ2) is 7.24. The molecule has 0 aliphatic carbocycles. The van der Waals surface area contributed by atoms with Crippen molar-refractivity contribution in [1.29, 1.82) is 0 Å². The van der Waals surface area contributed by atoms with Gasteiger partial charge in [0, 0.05) is 11.1 Å². The van der Waals surface area contributed by atoms with Crippen molar-refractivity contribution < 1.29 is 14.6 Å². The van der Waals surface area contributed by atoms with Crippen LogP contribution in [0, 0.1) is 19.3 Å². The molecule has 0 amide bonds. The molecule has 1 aliphatic heterocycles. The maximum atomic E-state index is 11.6. The van der Waals surface area contributed by atoms with E-state index in [-0.39, 0.29) is 5.56 Å². The van der Waals surface area contributed by atoms with E-state index in [0.29, 0.717) is 11.1 Å². The number of carbonyl (C=O) groups is 1. The average Bonchev–Trinajstić information content (AvgIpc) is 2.72. The monoisotopic (exact) mass is 394 g/mol. The minimum Gasteiger partial charge on any atom is -0.483 e. The van der Waals surface area contributed by atoms with Crippen molar-refractivity contribution in [3.8, 4) is 29.2 Å². The molecule has 1 heterocycles. The van der Waals surface area contributed by atoms with Crippen molar-refractivity contribution in [3.05, 3.63) is 94.6 Å². The quantitative estimate of drug-likeness (QED) is 0.559. The number of fused-ring (bicyclic) bond motifs is 1. The fraction of sp³-hybridized carbons (Fsp3) is 0.148. The van der Waals surface area contributed by atoms with Crippen LogP contribution in [0.3, 0.4) is 0 Å². The fourth-order valence-corrected chi connectivity index (χ4v) is 3.83. The summed E-state index contributed by atoms with van der Waals surface area (Å²) in [6.45, 7) is 6.13. The zero-order chi connectivity index (χ0) is 21.5. The molecule has 3 nitrogen and oxygen atoms in total. The summed E-state index contributed by atoms with van der Waals surface area (Å²) in [5.74, 6) is 2.32. The van der Waals surface area contributed by atoms with E-state index in [1.165, 1.54) is 11.6 Å². The molecule has 0 unspecified atom stereocenters. The highest BCUT2D eigenvalue weighted by Crippen LogP contribution is 2.42. The van der Waals surface area contributed by atoms with E-state index < -0.39 is 11.6 Å². The van der Waals surface area contributed by atoms with Gasteiger partial charge in [-0.25, -0.2) is 4.79 Å². The molecule has 3 aromatic rings. The lowest BCUT2D eigenvalue weighted by Gasteiger charge is -2.31. The van der Waals surface area contributed by atoms with Crippen LogP contribution in [-0.4, -0.2) is 16.7 Å². The zero-order valence-corrected chi connectivity index (χ0v) is 17.2. The third kappa shape index (κ3) is 3.49. The molecule has 4 rings (SSSR count). The normalized spacial score (nSPS) is 14.1.